The number of anilines is 1. The van der Waals surface area contributed by atoms with Crippen molar-refractivity contribution in [3.8, 4) is 0 Å². The first-order valence-electron chi connectivity index (χ1n) is 3.83. The molecule has 1 aromatic heterocycles. The second-order valence-corrected chi connectivity index (χ2v) is 2.39. The van der Waals surface area contributed by atoms with Gasteiger partial charge in [-0.1, -0.05) is 0 Å². The molecular weight excluding hydrogens is 157 g/mol. The number of nitrogens with one attached hydrogen (secondary N) is 2. The van der Waals surface area contributed by atoms with Gasteiger partial charge < -0.3 is 10.6 Å². The van der Waals surface area contributed by atoms with Crippen LogP contribution in [0.25, 0.3) is 0 Å². The van der Waals surface area contributed by atoms with Crippen molar-refractivity contribution >= 4 is 5.82 Å². The first kappa shape index (κ1) is 8.93. The highest BCUT2D eigenvalue weighted by Gasteiger charge is 1.92. The van der Waals surface area contributed by atoms with Gasteiger partial charge in [-0.05, 0) is 19.2 Å². The van der Waals surface area contributed by atoms with Gasteiger partial charge in [0.05, 0.1) is 6.20 Å². The SMILES string of the molecule is CNCCNc1ccc(F)cn1. The van der Waals surface area contributed by atoms with Crippen LogP contribution in [-0.2, 0) is 0 Å². The molecule has 0 saturated heterocycles. The molecule has 3 nitrogen and oxygen atoms in total. The highest BCUT2D eigenvalue weighted by Crippen LogP contribution is 2.01. The number of hydrogen-bond donors (Lipinski definition) is 2. The molecule has 0 fully saturated rings. The zero-order valence-electron chi connectivity index (χ0n) is 6.97. The van der Waals surface area contributed by atoms with Crippen molar-refractivity contribution in [2.24, 2.45) is 0 Å². The standard InChI is InChI=1S/C8H12FN3/c1-10-4-5-11-8-3-2-7(9)6-12-8/h2-3,6,10H,4-5H2,1H3,(H,11,12). The summed E-state index contributed by atoms with van der Waals surface area (Å²) in [5.41, 5.74) is 0. The summed E-state index contributed by atoms with van der Waals surface area (Å²) in [6, 6.07) is 3.00. The molecule has 0 unspecified atom stereocenters. The predicted molar refractivity (Wildman–Crippen MR) is 46.6 cm³/mol. The molecule has 12 heavy (non-hydrogen) atoms. The van der Waals surface area contributed by atoms with Gasteiger partial charge in [0.15, 0.2) is 0 Å². The number of rotatable bonds is 4. The molecule has 0 aromatic carbocycles. The van der Waals surface area contributed by atoms with E-state index in [9.17, 15) is 4.39 Å². The molecule has 1 rings (SSSR count). The molecule has 0 aliphatic heterocycles. The van der Waals surface area contributed by atoms with Crippen molar-refractivity contribution in [2.75, 3.05) is 25.5 Å². The van der Waals surface area contributed by atoms with Crippen LogP contribution in [0, 0.1) is 5.82 Å². The van der Waals surface area contributed by atoms with Crippen molar-refractivity contribution < 1.29 is 4.39 Å². The number of nitrogens with zero attached hydrogens (tertiary/aromatic N) is 1. The van der Waals surface area contributed by atoms with Gasteiger partial charge in [0.2, 0.25) is 0 Å². The molecule has 1 aromatic rings. The van der Waals surface area contributed by atoms with E-state index in [1.165, 1.54) is 12.3 Å². The van der Waals surface area contributed by atoms with E-state index in [1.807, 2.05) is 7.05 Å². The molecule has 0 aliphatic carbocycles. The highest BCUT2D eigenvalue weighted by molar-refractivity contribution is 5.33. The van der Waals surface area contributed by atoms with Crippen molar-refractivity contribution in [1.82, 2.24) is 10.3 Å². The number of likely N-dealkylation sites (N-methyl/N-ethyl adjacent to an activating group) is 1. The minimum absolute atomic E-state index is 0.311. The third-order valence-electron chi connectivity index (χ3n) is 1.41. The molecule has 0 atom stereocenters. The minimum atomic E-state index is -0.311. The minimum Gasteiger partial charge on any atom is -0.369 e. The Balaban J connectivity index is 2.37. The molecule has 4 heteroatoms. The summed E-state index contributed by atoms with van der Waals surface area (Å²) in [6.45, 7) is 1.65. The average molecular weight is 169 g/mol. The van der Waals surface area contributed by atoms with E-state index in [0.717, 1.165) is 13.1 Å². The summed E-state index contributed by atoms with van der Waals surface area (Å²) in [5.74, 6) is 0.390. The normalized spacial score (nSPS) is 9.83. The van der Waals surface area contributed by atoms with Crippen LogP contribution in [0.5, 0.6) is 0 Å². The van der Waals surface area contributed by atoms with Crippen molar-refractivity contribution in [3.05, 3.63) is 24.1 Å². The smallest absolute Gasteiger partial charge is 0.141 e. The van der Waals surface area contributed by atoms with Gasteiger partial charge in [-0.15, -0.1) is 0 Å². The third kappa shape index (κ3) is 2.84. The highest BCUT2D eigenvalue weighted by atomic mass is 19.1. The lowest BCUT2D eigenvalue weighted by molar-refractivity contribution is 0.621. The first-order chi connectivity index (χ1) is 5.83. The fraction of sp³-hybridized carbons (Fsp3) is 0.375. The predicted octanol–water partition coefficient (Wildman–Crippen LogP) is 0.852. The molecule has 1 heterocycles. The Hall–Kier alpha value is -1.16. The molecule has 66 valence electrons. The van der Waals surface area contributed by atoms with Crippen LogP contribution in [0.15, 0.2) is 18.3 Å². The lowest BCUT2D eigenvalue weighted by Gasteiger charge is -2.03. The number of pyridine rings is 1. The van der Waals surface area contributed by atoms with Gasteiger partial charge in [-0.2, -0.15) is 0 Å². The molecular formula is C8H12FN3. The lowest BCUT2D eigenvalue weighted by Crippen LogP contribution is -2.18. The van der Waals surface area contributed by atoms with Crippen LogP contribution >= 0.6 is 0 Å². The summed E-state index contributed by atoms with van der Waals surface area (Å²) in [7, 11) is 1.87. The van der Waals surface area contributed by atoms with Crippen LogP contribution < -0.4 is 10.6 Å². The second-order valence-electron chi connectivity index (χ2n) is 2.39. The molecule has 0 aliphatic rings. The summed E-state index contributed by atoms with van der Waals surface area (Å²) >= 11 is 0. The van der Waals surface area contributed by atoms with Crippen LogP contribution in [0.2, 0.25) is 0 Å². The topological polar surface area (TPSA) is 37.0 Å². The Bertz CT molecular complexity index is 222. The van der Waals surface area contributed by atoms with E-state index in [0.29, 0.717) is 5.82 Å². The average Bonchev–Trinajstić information content (AvgIpc) is 2.09. The summed E-state index contributed by atoms with van der Waals surface area (Å²) < 4.78 is 12.4. The molecule has 0 spiro atoms. The van der Waals surface area contributed by atoms with E-state index < -0.39 is 0 Å². The second kappa shape index (κ2) is 4.66. The lowest BCUT2D eigenvalue weighted by atomic mass is 10.4. The quantitative estimate of drug-likeness (QED) is 0.656. The van der Waals surface area contributed by atoms with Crippen LogP contribution in [0.3, 0.4) is 0 Å². The van der Waals surface area contributed by atoms with Gasteiger partial charge in [0, 0.05) is 13.1 Å². The fourth-order valence-electron chi connectivity index (χ4n) is 0.796. The largest absolute Gasteiger partial charge is 0.369 e. The first-order valence-corrected chi connectivity index (χ1v) is 3.83. The Morgan fingerprint density at radius 1 is 1.42 bits per heavy atom. The maximum atomic E-state index is 12.4. The van der Waals surface area contributed by atoms with Gasteiger partial charge in [-0.25, -0.2) is 9.37 Å². The molecule has 0 amide bonds. The monoisotopic (exact) mass is 169 g/mol. The van der Waals surface area contributed by atoms with Crippen molar-refractivity contribution in [3.63, 3.8) is 0 Å². The Morgan fingerprint density at radius 2 is 2.25 bits per heavy atom. The van der Waals surface area contributed by atoms with Crippen molar-refractivity contribution in [1.29, 1.82) is 0 Å². The molecule has 0 saturated carbocycles. The number of aromatic nitrogens is 1. The van der Waals surface area contributed by atoms with E-state index in [2.05, 4.69) is 15.6 Å². The zero-order valence-corrected chi connectivity index (χ0v) is 6.97. The molecule has 0 radical (unpaired) electrons. The maximum Gasteiger partial charge on any atom is 0.141 e. The van der Waals surface area contributed by atoms with Gasteiger partial charge >= 0.3 is 0 Å². The Labute approximate surface area is 71.0 Å². The Morgan fingerprint density at radius 3 is 2.83 bits per heavy atom. The van der Waals surface area contributed by atoms with Gasteiger partial charge in [-0.3, -0.25) is 0 Å². The number of hydrogen-bond acceptors (Lipinski definition) is 3. The third-order valence-corrected chi connectivity index (χ3v) is 1.41. The van der Waals surface area contributed by atoms with E-state index >= 15 is 0 Å². The maximum absolute atomic E-state index is 12.4. The molecule has 0 bridgehead atoms. The summed E-state index contributed by atoms with van der Waals surface area (Å²) in [4.78, 5) is 3.84. The molecule has 2 N–H and O–H groups in total. The fourth-order valence-corrected chi connectivity index (χ4v) is 0.796. The Kier molecular flexibility index (Phi) is 3.47. The van der Waals surface area contributed by atoms with Gasteiger partial charge in [0.25, 0.3) is 0 Å². The number of halogens is 1. The summed E-state index contributed by atoms with van der Waals surface area (Å²) in [6.07, 6.45) is 1.20. The van der Waals surface area contributed by atoms with E-state index in [1.54, 1.807) is 6.07 Å². The van der Waals surface area contributed by atoms with E-state index in [4.69, 9.17) is 0 Å². The van der Waals surface area contributed by atoms with Crippen LogP contribution in [-0.4, -0.2) is 25.1 Å². The van der Waals surface area contributed by atoms with Gasteiger partial charge in [0.1, 0.15) is 11.6 Å². The van der Waals surface area contributed by atoms with Crippen LogP contribution in [0.1, 0.15) is 0 Å². The van der Waals surface area contributed by atoms with Crippen LogP contribution in [0.4, 0.5) is 10.2 Å². The van der Waals surface area contributed by atoms with Crippen molar-refractivity contribution in [2.45, 2.75) is 0 Å². The van der Waals surface area contributed by atoms with E-state index in [-0.39, 0.29) is 5.82 Å². The zero-order chi connectivity index (χ0) is 8.81. The summed E-state index contributed by atoms with van der Waals surface area (Å²) in [5, 5.41) is 6.02.